The molecule has 3 N–H and O–H groups in total. The van der Waals surface area contributed by atoms with Crippen LogP contribution in [0.2, 0.25) is 0 Å². The Hall–Kier alpha value is -1.87. The minimum atomic E-state index is -4.39. The number of hydrogen-bond acceptors (Lipinski definition) is 12. The van der Waals surface area contributed by atoms with Crippen LogP contribution in [0.25, 0.3) is 0 Å². The molecule has 284 valence electrons. The molecule has 2 amide bonds. The first-order valence-corrected chi connectivity index (χ1v) is 19.4. The van der Waals surface area contributed by atoms with Crippen molar-refractivity contribution in [2.45, 2.75) is 89.0 Å². The predicted molar refractivity (Wildman–Crippen MR) is 191 cm³/mol. The summed E-state index contributed by atoms with van der Waals surface area (Å²) in [5.74, 6) is -2.25. The van der Waals surface area contributed by atoms with Crippen LogP contribution in [0.15, 0.2) is 64.3 Å². The van der Waals surface area contributed by atoms with E-state index in [2.05, 4.69) is 20.0 Å². The van der Waals surface area contributed by atoms with Crippen molar-refractivity contribution in [2.75, 3.05) is 25.4 Å². The van der Waals surface area contributed by atoms with Crippen molar-refractivity contribution in [1.29, 1.82) is 0 Å². The Kier molecular flexibility index (Phi) is 19.3. The Bertz CT molecular complexity index is 1800. The molecule has 0 saturated carbocycles. The molecule has 4 rings (SSSR count). The van der Waals surface area contributed by atoms with Gasteiger partial charge in [-0.15, -0.1) is 0 Å². The number of nitrogens with zero attached hydrogens (tertiary/aromatic N) is 3. The number of benzene rings is 1. The second-order valence-electron chi connectivity index (χ2n) is 13.7. The van der Waals surface area contributed by atoms with Crippen molar-refractivity contribution in [1.82, 2.24) is 15.6 Å². The third-order valence-electron chi connectivity index (χ3n) is 9.72. The van der Waals surface area contributed by atoms with Gasteiger partial charge in [0.05, 0.1) is 34.0 Å². The van der Waals surface area contributed by atoms with Crippen molar-refractivity contribution in [3.8, 4) is 0 Å². The summed E-state index contributed by atoms with van der Waals surface area (Å²) in [6.45, 7) is 8.68. The number of nitrogens with one attached hydrogen (secondary N) is 2. The molecular weight excluding hydrogens is 761 g/mol. The first-order valence-electron chi connectivity index (χ1n) is 17.1. The summed E-state index contributed by atoms with van der Waals surface area (Å²) in [6.07, 6.45) is 11.1. The van der Waals surface area contributed by atoms with Crippen molar-refractivity contribution < 1.29 is 111 Å². The van der Waals surface area contributed by atoms with Gasteiger partial charge < -0.3 is 25.6 Å². The molecule has 0 bridgehead atoms. The number of hydrogen-bond donors (Lipinski definition) is 3. The van der Waals surface area contributed by atoms with Crippen LogP contribution in [0.4, 0.5) is 5.69 Å². The SMILES string of the molecule is CC1=NN2CCC(=O)NCCCCC(C(=O)O)NC(=O)CC[N+]3=C(/C=C/C=C/C=C2C1(C)CCCS(=O)(=O)[O-])C(C)(C)c1cc(SOO[O-])ccc13.[Na+].[Na+]. The van der Waals surface area contributed by atoms with E-state index in [0.717, 1.165) is 40.4 Å². The second kappa shape index (κ2) is 21.6. The fraction of sp³-hybridized carbons (Fsp3) is 0.514. The zero-order valence-electron chi connectivity index (χ0n) is 31.8. The average molecular weight is 807 g/mol. The van der Waals surface area contributed by atoms with Crippen LogP contribution >= 0.6 is 12.0 Å². The molecule has 1 aromatic rings. The van der Waals surface area contributed by atoms with E-state index in [4.69, 9.17) is 5.10 Å². The molecule has 3 heterocycles. The fourth-order valence-electron chi connectivity index (χ4n) is 6.76. The topological polar surface area (TPSA) is 213 Å². The summed E-state index contributed by atoms with van der Waals surface area (Å²) in [5.41, 5.74) is 2.87. The Morgan fingerprint density at radius 1 is 1.13 bits per heavy atom. The van der Waals surface area contributed by atoms with Crippen molar-refractivity contribution in [3.05, 3.63) is 59.8 Å². The summed E-state index contributed by atoms with van der Waals surface area (Å²) in [5, 5.41) is 35.7. The van der Waals surface area contributed by atoms with Gasteiger partial charge in [0.25, 0.3) is 0 Å². The maximum Gasteiger partial charge on any atom is 1.00 e. The van der Waals surface area contributed by atoms with Gasteiger partial charge in [-0.2, -0.15) is 14.0 Å². The molecule has 0 aliphatic carbocycles. The number of rotatable bonds is 8. The Labute approximate surface area is 365 Å². The molecule has 3 aliphatic rings. The van der Waals surface area contributed by atoms with Gasteiger partial charge >= 0.3 is 65.1 Å². The summed E-state index contributed by atoms with van der Waals surface area (Å²) in [4.78, 5) is 38.4. The molecule has 54 heavy (non-hydrogen) atoms. The van der Waals surface area contributed by atoms with Gasteiger partial charge in [-0.25, -0.2) is 13.2 Å². The number of carboxylic acids is 1. The monoisotopic (exact) mass is 806 g/mol. The maximum absolute atomic E-state index is 13.1. The molecule has 0 saturated heterocycles. The van der Waals surface area contributed by atoms with Crippen LogP contribution in [0.5, 0.6) is 0 Å². The van der Waals surface area contributed by atoms with Gasteiger partial charge in [0, 0.05) is 64.7 Å². The molecule has 1 aromatic carbocycles. The van der Waals surface area contributed by atoms with Crippen LogP contribution < -0.4 is 75.0 Å². The molecular formula is C35H46N5Na2O10S2+. The van der Waals surface area contributed by atoms with Crippen LogP contribution in [0.1, 0.15) is 78.2 Å². The van der Waals surface area contributed by atoms with Crippen LogP contribution in [-0.2, 0) is 39.3 Å². The van der Waals surface area contributed by atoms with E-state index in [1.165, 1.54) is 0 Å². The molecule has 0 fully saturated rings. The Morgan fingerprint density at radius 2 is 1.87 bits per heavy atom. The van der Waals surface area contributed by atoms with Crippen LogP contribution in [0, 0.1) is 5.41 Å². The zero-order valence-corrected chi connectivity index (χ0v) is 37.4. The van der Waals surface area contributed by atoms with Gasteiger partial charge in [0.15, 0.2) is 12.3 Å². The van der Waals surface area contributed by atoms with Crippen molar-refractivity contribution >= 4 is 57.1 Å². The number of hydrazone groups is 1. The van der Waals surface area contributed by atoms with E-state index in [1.807, 2.05) is 74.8 Å². The van der Waals surface area contributed by atoms with E-state index in [0.29, 0.717) is 30.7 Å². The summed E-state index contributed by atoms with van der Waals surface area (Å²) in [7, 11) is -4.39. The van der Waals surface area contributed by atoms with E-state index >= 15 is 0 Å². The third-order valence-corrected chi connectivity index (χ3v) is 11.1. The van der Waals surface area contributed by atoms with E-state index in [9.17, 15) is 37.7 Å². The third kappa shape index (κ3) is 12.8. The first-order chi connectivity index (χ1) is 24.6. The molecule has 0 aromatic heterocycles. The number of amides is 2. The molecule has 0 radical (unpaired) electrons. The number of carbonyl (C=O) groups is 3. The number of allylic oxidation sites excluding steroid dienone is 6. The smallest absolute Gasteiger partial charge is 0.748 e. The number of carbonyl (C=O) groups excluding carboxylic acids is 2. The maximum atomic E-state index is 13.1. The second-order valence-corrected chi connectivity index (χ2v) is 16.0. The molecule has 0 spiro atoms. The molecule has 15 nitrogen and oxygen atoms in total. The van der Waals surface area contributed by atoms with Crippen LogP contribution in [-0.4, -0.2) is 88.3 Å². The number of fused-ring (bicyclic) bond motifs is 3. The largest absolute Gasteiger partial charge is 1.00 e. The number of aliphatic carboxylic acids is 1. The predicted octanol–water partition coefficient (Wildman–Crippen LogP) is -3.03. The van der Waals surface area contributed by atoms with Gasteiger partial charge in [0.2, 0.25) is 17.5 Å². The molecule has 3 aliphatic heterocycles. The van der Waals surface area contributed by atoms with E-state index in [-0.39, 0.29) is 104 Å². The molecule has 2 atom stereocenters. The summed E-state index contributed by atoms with van der Waals surface area (Å²) >= 11 is 0.776. The molecule has 2 unspecified atom stereocenters. The Balaban J connectivity index is 0.00000504. The zero-order chi connectivity index (χ0) is 38.1. The first kappa shape index (κ1) is 48.3. The van der Waals surface area contributed by atoms with Gasteiger partial charge in [0.1, 0.15) is 6.04 Å². The molecule has 19 heteroatoms. The average Bonchev–Trinajstić information content (AvgIpc) is 3.43. The van der Waals surface area contributed by atoms with E-state index in [1.54, 1.807) is 11.1 Å². The summed E-state index contributed by atoms with van der Waals surface area (Å²) < 4.78 is 40.7. The minimum Gasteiger partial charge on any atom is -0.748 e. The van der Waals surface area contributed by atoms with Crippen molar-refractivity contribution in [3.63, 3.8) is 0 Å². The quantitative estimate of drug-likeness (QED) is 0.0599. The fourth-order valence-corrected chi connectivity index (χ4v) is 7.65. The van der Waals surface area contributed by atoms with Gasteiger partial charge in [-0.1, -0.05) is 18.2 Å². The van der Waals surface area contributed by atoms with Crippen LogP contribution in [0.3, 0.4) is 0 Å². The standard InChI is InChI=1S/C35H47N5O10S2.2Na/c1-24-35(4,18-10-22-52(46,47)48)30-13-7-5-6-12-29-34(2,3)26-23-25(51-50-49-45)14-15-28(26)39(29)20-16-32(42)37-27(33(43)44)11-8-9-19-36-31(41)17-21-40(30)38-24;;/h5-7,12-15,23,27H,8-11,16-22H2,1-4H3,(H4-,36,37,41,42,43,44,45,46,47,48);;/q;2*+1/p-1. The van der Waals surface area contributed by atoms with Gasteiger partial charge in [-0.05, 0) is 78.0 Å². The minimum absolute atomic E-state index is 0. The normalized spacial score (nSPS) is 23.7. The number of carboxylic acid groups (broad SMARTS) is 1. The Morgan fingerprint density at radius 3 is 2.56 bits per heavy atom. The summed E-state index contributed by atoms with van der Waals surface area (Å²) in [6, 6.07) is 4.44. The van der Waals surface area contributed by atoms with E-state index < -0.39 is 44.6 Å². The van der Waals surface area contributed by atoms with Crippen molar-refractivity contribution in [2.24, 2.45) is 10.5 Å². The van der Waals surface area contributed by atoms with Gasteiger partial charge in [-0.3, -0.25) is 19.6 Å².